The number of aromatic nitrogens is 1. The number of likely N-dealkylation sites (N-methyl/N-ethyl adjacent to an activating group) is 1. The number of ether oxygens (including phenoxy) is 1. The molecule has 30 heavy (non-hydrogen) atoms. The van der Waals surface area contributed by atoms with Gasteiger partial charge in [-0.15, -0.1) is 0 Å². The van der Waals surface area contributed by atoms with Gasteiger partial charge in [-0.2, -0.15) is 0 Å². The highest BCUT2D eigenvalue weighted by Crippen LogP contribution is 2.34. The smallest absolute Gasteiger partial charge is 0.341 e. The van der Waals surface area contributed by atoms with Crippen LogP contribution in [0.3, 0.4) is 0 Å². The van der Waals surface area contributed by atoms with Crippen molar-refractivity contribution in [3.8, 4) is 0 Å². The molecule has 0 fully saturated rings. The minimum atomic E-state index is -0.221. The minimum Gasteiger partial charge on any atom is -0.454 e. The maximum absolute atomic E-state index is 13.2. The molecule has 0 spiro atoms. The van der Waals surface area contributed by atoms with Crippen molar-refractivity contribution in [3.63, 3.8) is 0 Å². The van der Waals surface area contributed by atoms with E-state index >= 15 is 0 Å². The highest BCUT2D eigenvalue weighted by Gasteiger charge is 2.26. The van der Waals surface area contributed by atoms with Crippen molar-refractivity contribution in [2.45, 2.75) is 52.6 Å². The highest BCUT2D eigenvalue weighted by atomic mass is 16.5. The lowest BCUT2D eigenvalue weighted by atomic mass is 9.89. The molecule has 0 bridgehead atoms. The van der Waals surface area contributed by atoms with Crippen molar-refractivity contribution in [3.05, 3.63) is 70.4 Å². The number of nitrogens with one attached hydrogen (secondary N) is 1. The average Bonchev–Trinajstić information content (AvgIpc) is 3.10. The molecule has 158 valence electrons. The summed E-state index contributed by atoms with van der Waals surface area (Å²) < 4.78 is 6.06. The number of esters is 1. The maximum atomic E-state index is 13.2. The molecule has 1 unspecified atom stereocenters. The lowest BCUT2D eigenvalue weighted by Crippen LogP contribution is -2.25. The number of H-pyrrole nitrogens is 1. The quantitative estimate of drug-likeness (QED) is 0.522. The number of aromatic amines is 1. The zero-order valence-corrected chi connectivity index (χ0v) is 18.3. The molecule has 1 aliphatic carbocycles. The summed E-state index contributed by atoms with van der Waals surface area (Å²) in [7, 11) is 0. The van der Waals surface area contributed by atoms with Crippen LogP contribution in [0.25, 0.3) is 10.9 Å². The minimum absolute atomic E-state index is 0.155. The van der Waals surface area contributed by atoms with E-state index in [1.165, 1.54) is 11.1 Å². The number of benzene rings is 2. The van der Waals surface area contributed by atoms with Gasteiger partial charge in [0.05, 0.1) is 5.56 Å². The zero-order chi connectivity index (χ0) is 21.1. The Morgan fingerprint density at radius 2 is 1.97 bits per heavy atom. The summed E-state index contributed by atoms with van der Waals surface area (Å²) in [5.41, 5.74) is 6.27. The molecule has 1 atom stereocenters. The van der Waals surface area contributed by atoms with Crippen LogP contribution >= 0.6 is 0 Å². The van der Waals surface area contributed by atoms with E-state index in [0.717, 1.165) is 67.5 Å². The maximum Gasteiger partial charge on any atom is 0.341 e. The third-order valence-corrected chi connectivity index (χ3v) is 6.43. The van der Waals surface area contributed by atoms with Crippen LogP contribution in [0.15, 0.2) is 42.5 Å². The van der Waals surface area contributed by atoms with Gasteiger partial charge in [0.2, 0.25) is 0 Å². The van der Waals surface area contributed by atoms with Crippen molar-refractivity contribution >= 4 is 16.9 Å². The van der Waals surface area contributed by atoms with Crippen LogP contribution in [0.5, 0.6) is 0 Å². The van der Waals surface area contributed by atoms with Crippen molar-refractivity contribution < 1.29 is 9.53 Å². The Bertz CT molecular complexity index is 1030. The molecule has 4 rings (SSSR count). The molecular formula is C26H32N2O2. The molecule has 2 aromatic carbocycles. The number of carbonyl (C=O) groups excluding carboxylic acids is 1. The Morgan fingerprint density at radius 1 is 1.17 bits per heavy atom. The van der Waals surface area contributed by atoms with Gasteiger partial charge in [0, 0.05) is 23.1 Å². The Balaban J connectivity index is 1.58. The van der Waals surface area contributed by atoms with Crippen LogP contribution < -0.4 is 0 Å². The van der Waals surface area contributed by atoms with Crippen LogP contribution in [0.1, 0.15) is 65.5 Å². The fourth-order valence-electron chi connectivity index (χ4n) is 4.64. The summed E-state index contributed by atoms with van der Waals surface area (Å²) in [6.07, 6.45) is 3.83. The first kappa shape index (κ1) is 20.7. The van der Waals surface area contributed by atoms with Crippen molar-refractivity contribution in [1.82, 2.24) is 9.88 Å². The summed E-state index contributed by atoms with van der Waals surface area (Å²) in [5.74, 6) is -0.221. The predicted molar refractivity (Wildman–Crippen MR) is 122 cm³/mol. The fraction of sp³-hybridized carbons (Fsp3) is 0.423. The van der Waals surface area contributed by atoms with Crippen LogP contribution in [-0.4, -0.2) is 35.5 Å². The molecule has 1 heterocycles. The number of rotatable bonds is 7. The Labute approximate surface area is 179 Å². The molecule has 4 nitrogen and oxygen atoms in total. The van der Waals surface area contributed by atoms with E-state index in [9.17, 15) is 4.79 Å². The summed E-state index contributed by atoms with van der Waals surface area (Å²) in [5, 5.41) is 0.971. The standard InChI is InChI=1S/C26H32N2O2/c1-4-28(5-2)16-15-19-13-14-23-22(17-19)25(18(3)27-23)26(29)30-24-12-8-10-20-9-6-7-11-21(20)24/h6-7,9,11,13-14,17,24,27H,4-5,8,10,12,15-16H2,1-3H3. The number of carbonyl (C=O) groups is 1. The van der Waals surface area contributed by atoms with Gasteiger partial charge in [-0.25, -0.2) is 4.79 Å². The topological polar surface area (TPSA) is 45.3 Å². The second-order valence-corrected chi connectivity index (χ2v) is 8.27. The number of hydrogen-bond donors (Lipinski definition) is 1. The predicted octanol–water partition coefficient (Wildman–Crippen LogP) is 5.60. The largest absolute Gasteiger partial charge is 0.454 e. The van der Waals surface area contributed by atoms with Gasteiger partial charge in [0.25, 0.3) is 0 Å². The second kappa shape index (κ2) is 9.05. The summed E-state index contributed by atoms with van der Waals surface area (Å²) in [6.45, 7) is 9.49. The molecule has 4 heteroatoms. The summed E-state index contributed by atoms with van der Waals surface area (Å²) >= 11 is 0. The first-order valence-electron chi connectivity index (χ1n) is 11.2. The van der Waals surface area contributed by atoms with Gasteiger partial charge in [0.15, 0.2) is 0 Å². The molecular weight excluding hydrogens is 372 g/mol. The Morgan fingerprint density at radius 3 is 2.77 bits per heavy atom. The lowest BCUT2D eigenvalue weighted by Gasteiger charge is -2.25. The third-order valence-electron chi connectivity index (χ3n) is 6.43. The highest BCUT2D eigenvalue weighted by molar-refractivity contribution is 6.05. The molecule has 3 aromatic rings. The van der Waals surface area contributed by atoms with Gasteiger partial charge in [-0.05, 0) is 74.5 Å². The zero-order valence-electron chi connectivity index (χ0n) is 18.3. The second-order valence-electron chi connectivity index (χ2n) is 8.27. The first-order chi connectivity index (χ1) is 14.6. The molecule has 1 aliphatic rings. The average molecular weight is 405 g/mol. The summed E-state index contributed by atoms with van der Waals surface area (Å²) in [4.78, 5) is 19.0. The monoisotopic (exact) mass is 404 g/mol. The fourth-order valence-corrected chi connectivity index (χ4v) is 4.64. The molecule has 0 amide bonds. The van der Waals surface area contributed by atoms with E-state index in [2.05, 4.69) is 60.1 Å². The molecule has 0 saturated heterocycles. The SMILES string of the molecule is CCN(CC)CCc1ccc2[nH]c(C)c(C(=O)OC3CCCc4ccccc43)c2c1. The van der Waals surface area contributed by atoms with Gasteiger partial charge in [0.1, 0.15) is 6.10 Å². The summed E-state index contributed by atoms with van der Waals surface area (Å²) in [6, 6.07) is 14.7. The van der Waals surface area contributed by atoms with E-state index in [4.69, 9.17) is 4.74 Å². The number of nitrogens with zero attached hydrogens (tertiary/aromatic N) is 1. The van der Waals surface area contributed by atoms with E-state index in [1.54, 1.807) is 0 Å². The van der Waals surface area contributed by atoms with E-state index < -0.39 is 0 Å². The number of hydrogen-bond acceptors (Lipinski definition) is 3. The van der Waals surface area contributed by atoms with Crippen LogP contribution in [-0.2, 0) is 17.6 Å². The normalized spacial score (nSPS) is 16.1. The van der Waals surface area contributed by atoms with Crippen molar-refractivity contribution in [1.29, 1.82) is 0 Å². The van der Waals surface area contributed by atoms with Crippen LogP contribution in [0.4, 0.5) is 0 Å². The van der Waals surface area contributed by atoms with Gasteiger partial charge in [-0.1, -0.05) is 44.2 Å². The third kappa shape index (κ3) is 4.15. The first-order valence-corrected chi connectivity index (χ1v) is 11.2. The Kier molecular flexibility index (Phi) is 6.24. The number of aryl methyl sites for hydroxylation is 2. The number of fused-ring (bicyclic) bond motifs is 2. The van der Waals surface area contributed by atoms with E-state index in [1.807, 2.05) is 13.0 Å². The van der Waals surface area contributed by atoms with Gasteiger partial charge < -0.3 is 14.6 Å². The van der Waals surface area contributed by atoms with Crippen LogP contribution in [0, 0.1) is 6.92 Å². The lowest BCUT2D eigenvalue weighted by molar-refractivity contribution is 0.0258. The van der Waals surface area contributed by atoms with Crippen molar-refractivity contribution in [2.24, 2.45) is 0 Å². The molecule has 1 aromatic heterocycles. The van der Waals surface area contributed by atoms with E-state index in [0.29, 0.717) is 5.56 Å². The van der Waals surface area contributed by atoms with Gasteiger partial charge in [-0.3, -0.25) is 0 Å². The molecule has 0 aliphatic heterocycles. The molecule has 1 N–H and O–H groups in total. The van der Waals surface area contributed by atoms with Gasteiger partial charge >= 0.3 is 5.97 Å². The van der Waals surface area contributed by atoms with Crippen molar-refractivity contribution in [2.75, 3.05) is 19.6 Å². The van der Waals surface area contributed by atoms with Crippen LogP contribution in [0.2, 0.25) is 0 Å². The Hall–Kier alpha value is -2.59. The van der Waals surface area contributed by atoms with E-state index in [-0.39, 0.29) is 12.1 Å². The molecule has 0 radical (unpaired) electrons. The molecule has 0 saturated carbocycles.